The molecular weight excluding hydrogens is 241 g/mol. The average molecular weight is 257 g/mol. The monoisotopic (exact) mass is 257 g/mol. The molecule has 1 aromatic rings. The number of rotatable bonds is 6. The minimum absolute atomic E-state index is 0.101. The quantitative estimate of drug-likeness (QED) is 0.742. The van der Waals surface area contributed by atoms with Crippen LogP contribution in [0.4, 0.5) is 10.2 Å². The number of nitrogens with zero attached hydrogens (tertiary/aromatic N) is 2. The number of amides is 1. The van der Waals surface area contributed by atoms with Crippen molar-refractivity contribution in [2.24, 2.45) is 0 Å². The third-order valence-electron chi connectivity index (χ3n) is 2.37. The molecule has 6 nitrogen and oxygen atoms in total. The van der Waals surface area contributed by atoms with Crippen LogP contribution in [-0.2, 0) is 4.74 Å². The fourth-order valence-electron chi connectivity index (χ4n) is 1.43. The summed E-state index contributed by atoms with van der Waals surface area (Å²) in [4.78, 5) is 16.9. The number of halogens is 1. The molecule has 0 bridgehead atoms. The smallest absolute Gasteiger partial charge is 0.257 e. The Morgan fingerprint density at radius 2 is 2.33 bits per heavy atom. The van der Waals surface area contributed by atoms with Gasteiger partial charge in [-0.3, -0.25) is 4.79 Å². The molecule has 1 aromatic heterocycles. The van der Waals surface area contributed by atoms with E-state index in [-0.39, 0.29) is 31.1 Å². The fourth-order valence-corrected chi connectivity index (χ4v) is 1.43. The van der Waals surface area contributed by atoms with Crippen LogP contribution in [0.2, 0.25) is 0 Å². The number of hydrogen-bond acceptors (Lipinski definition) is 5. The number of carbonyl (C=O) groups is 1. The van der Waals surface area contributed by atoms with Crippen molar-refractivity contribution >= 4 is 11.7 Å². The van der Waals surface area contributed by atoms with Crippen molar-refractivity contribution in [2.75, 3.05) is 39.1 Å². The molecule has 0 atom stereocenters. The number of anilines is 1. The maximum absolute atomic E-state index is 13.6. The first kappa shape index (κ1) is 14.3. The highest BCUT2D eigenvalue weighted by molar-refractivity contribution is 5.95. The fraction of sp³-hybridized carbons (Fsp3) is 0.455. The highest BCUT2D eigenvalue weighted by Crippen LogP contribution is 2.14. The SMILES string of the molecule is COCCN(CCO)C(=O)c1ccnc(N)c1F. The van der Waals surface area contributed by atoms with E-state index in [1.165, 1.54) is 24.3 Å². The summed E-state index contributed by atoms with van der Waals surface area (Å²) in [5, 5.41) is 8.89. The molecule has 1 rings (SSSR count). The molecule has 0 aromatic carbocycles. The first-order valence-electron chi connectivity index (χ1n) is 5.40. The summed E-state index contributed by atoms with van der Waals surface area (Å²) in [7, 11) is 1.49. The minimum atomic E-state index is -0.845. The van der Waals surface area contributed by atoms with Crippen LogP contribution in [0.5, 0.6) is 0 Å². The van der Waals surface area contributed by atoms with Crippen LogP contribution >= 0.6 is 0 Å². The van der Waals surface area contributed by atoms with Gasteiger partial charge in [-0.15, -0.1) is 0 Å². The number of carbonyl (C=O) groups excluding carboxylic acids is 1. The van der Waals surface area contributed by atoms with Gasteiger partial charge in [0.05, 0.1) is 18.8 Å². The van der Waals surface area contributed by atoms with Gasteiger partial charge in [-0.25, -0.2) is 9.37 Å². The lowest BCUT2D eigenvalue weighted by molar-refractivity contribution is 0.0652. The number of hydrogen-bond donors (Lipinski definition) is 2. The maximum Gasteiger partial charge on any atom is 0.257 e. The zero-order chi connectivity index (χ0) is 13.5. The molecule has 100 valence electrons. The van der Waals surface area contributed by atoms with Gasteiger partial charge in [0, 0.05) is 26.4 Å². The van der Waals surface area contributed by atoms with Gasteiger partial charge >= 0.3 is 0 Å². The predicted molar refractivity (Wildman–Crippen MR) is 63.5 cm³/mol. The van der Waals surface area contributed by atoms with Crippen molar-refractivity contribution < 1.29 is 19.0 Å². The number of aliphatic hydroxyl groups is 1. The van der Waals surface area contributed by atoms with Gasteiger partial charge in [-0.05, 0) is 6.07 Å². The van der Waals surface area contributed by atoms with Crippen LogP contribution in [0.1, 0.15) is 10.4 Å². The summed E-state index contributed by atoms with van der Waals surface area (Å²) in [5.74, 6) is -1.72. The Labute approximate surface area is 104 Å². The van der Waals surface area contributed by atoms with Crippen LogP contribution in [0.15, 0.2) is 12.3 Å². The second-order valence-corrected chi connectivity index (χ2v) is 3.57. The number of ether oxygens (including phenoxy) is 1. The standard InChI is InChI=1S/C11H16FN3O3/c1-18-7-5-15(4-6-16)11(17)8-2-3-14-10(13)9(8)12/h2-3,16H,4-7H2,1H3,(H2,13,14). The molecular formula is C11H16FN3O3. The first-order valence-corrected chi connectivity index (χ1v) is 5.40. The zero-order valence-corrected chi connectivity index (χ0v) is 10.1. The molecule has 0 saturated heterocycles. The van der Waals surface area contributed by atoms with Gasteiger partial charge in [-0.1, -0.05) is 0 Å². The van der Waals surface area contributed by atoms with Crippen LogP contribution in [-0.4, -0.2) is 54.3 Å². The summed E-state index contributed by atoms with van der Waals surface area (Å²) < 4.78 is 18.5. The van der Waals surface area contributed by atoms with E-state index in [0.29, 0.717) is 6.61 Å². The molecule has 0 aliphatic carbocycles. The normalized spacial score (nSPS) is 10.4. The van der Waals surface area contributed by atoms with Crippen LogP contribution in [0.25, 0.3) is 0 Å². The molecule has 0 aliphatic heterocycles. The van der Waals surface area contributed by atoms with E-state index >= 15 is 0 Å². The Morgan fingerprint density at radius 3 is 2.94 bits per heavy atom. The molecule has 0 spiro atoms. The molecule has 3 N–H and O–H groups in total. The lowest BCUT2D eigenvalue weighted by Gasteiger charge is -2.21. The lowest BCUT2D eigenvalue weighted by Crippen LogP contribution is -2.36. The highest BCUT2D eigenvalue weighted by atomic mass is 19.1. The molecule has 1 amide bonds. The zero-order valence-electron chi connectivity index (χ0n) is 10.1. The van der Waals surface area contributed by atoms with Crippen molar-refractivity contribution in [3.05, 3.63) is 23.6 Å². The summed E-state index contributed by atoms with van der Waals surface area (Å²) >= 11 is 0. The number of methoxy groups -OCH3 is 1. The molecule has 1 heterocycles. The number of aromatic nitrogens is 1. The Bertz CT molecular complexity index is 415. The molecule has 7 heteroatoms. The number of pyridine rings is 1. The molecule has 0 radical (unpaired) electrons. The van der Waals surface area contributed by atoms with Crippen LogP contribution < -0.4 is 5.73 Å². The number of aliphatic hydroxyl groups excluding tert-OH is 1. The van der Waals surface area contributed by atoms with Crippen molar-refractivity contribution in [2.45, 2.75) is 0 Å². The topological polar surface area (TPSA) is 88.7 Å². The predicted octanol–water partition coefficient (Wildman–Crippen LogP) is -0.116. The van der Waals surface area contributed by atoms with E-state index in [9.17, 15) is 9.18 Å². The Balaban J connectivity index is 2.90. The third kappa shape index (κ3) is 3.38. The first-order chi connectivity index (χ1) is 8.61. The molecule has 0 saturated carbocycles. The number of nitrogens with two attached hydrogens (primary N) is 1. The minimum Gasteiger partial charge on any atom is -0.395 e. The van der Waals surface area contributed by atoms with Crippen molar-refractivity contribution in [3.8, 4) is 0 Å². The summed E-state index contributed by atoms with van der Waals surface area (Å²) in [6, 6.07) is 1.26. The maximum atomic E-state index is 13.6. The van der Waals surface area contributed by atoms with E-state index in [0.717, 1.165) is 0 Å². The molecule has 0 aliphatic rings. The van der Waals surface area contributed by atoms with E-state index < -0.39 is 11.7 Å². The van der Waals surface area contributed by atoms with Gasteiger partial charge in [0.1, 0.15) is 0 Å². The summed E-state index contributed by atoms with van der Waals surface area (Å²) in [5.41, 5.74) is 5.14. The Kier molecular flexibility index (Phi) is 5.47. The van der Waals surface area contributed by atoms with E-state index in [1.807, 2.05) is 0 Å². The average Bonchev–Trinajstić information content (AvgIpc) is 2.37. The van der Waals surface area contributed by atoms with Gasteiger partial charge in [0.15, 0.2) is 11.6 Å². The van der Waals surface area contributed by atoms with E-state index in [1.54, 1.807) is 0 Å². The Hall–Kier alpha value is -1.73. The molecule has 0 fully saturated rings. The van der Waals surface area contributed by atoms with Crippen molar-refractivity contribution in [1.29, 1.82) is 0 Å². The van der Waals surface area contributed by atoms with Gasteiger partial charge < -0.3 is 20.5 Å². The highest BCUT2D eigenvalue weighted by Gasteiger charge is 2.20. The van der Waals surface area contributed by atoms with E-state index in [2.05, 4.69) is 4.98 Å². The molecule has 18 heavy (non-hydrogen) atoms. The van der Waals surface area contributed by atoms with Gasteiger partial charge in [0.2, 0.25) is 0 Å². The summed E-state index contributed by atoms with van der Waals surface area (Å²) in [6.07, 6.45) is 1.26. The molecule has 0 unspecified atom stereocenters. The van der Waals surface area contributed by atoms with Crippen molar-refractivity contribution in [1.82, 2.24) is 9.88 Å². The number of nitrogen functional groups attached to an aromatic ring is 1. The van der Waals surface area contributed by atoms with Crippen LogP contribution in [0.3, 0.4) is 0 Å². The van der Waals surface area contributed by atoms with E-state index in [4.69, 9.17) is 15.6 Å². The summed E-state index contributed by atoms with van der Waals surface area (Å²) in [6.45, 7) is 0.451. The van der Waals surface area contributed by atoms with Gasteiger partial charge in [-0.2, -0.15) is 0 Å². The second kappa shape index (κ2) is 6.87. The largest absolute Gasteiger partial charge is 0.395 e. The van der Waals surface area contributed by atoms with Crippen molar-refractivity contribution in [3.63, 3.8) is 0 Å². The third-order valence-corrected chi connectivity index (χ3v) is 2.37. The van der Waals surface area contributed by atoms with Crippen LogP contribution in [0, 0.1) is 5.82 Å². The lowest BCUT2D eigenvalue weighted by atomic mass is 10.2. The van der Waals surface area contributed by atoms with Gasteiger partial charge in [0.25, 0.3) is 5.91 Å². The second-order valence-electron chi connectivity index (χ2n) is 3.57. The Morgan fingerprint density at radius 1 is 1.61 bits per heavy atom.